The van der Waals surface area contributed by atoms with Crippen LogP contribution >= 0.6 is 15.9 Å². The van der Waals surface area contributed by atoms with Crippen LogP contribution in [0.1, 0.15) is 19.4 Å². The Balaban J connectivity index is 2.76. The van der Waals surface area contributed by atoms with E-state index in [0.717, 1.165) is 10.0 Å². The van der Waals surface area contributed by atoms with Crippen LogP contribution in [0.2, 0.25) is 0 Å². The third-order valence-corrected chi connectivity index (χ3v) is 3.30. The first-order valence-electron chi connectivity index (χ1n) is 6.29. The average Bonchev–Trinajstić information content (AvgIpc) is 2.34. The largest absolute Gasteiger partial charge is 0.480 e. The lowest BCUT2D eigenvalue weighted by atomic mass is 10.2. The third kappa shape index (κ3) is 4.85. The molecule has 0 unspecified atom stereocenters. The molecule has 1 rings (SSSR count). The van der Waals surface area contributed by atoms with Crippen molar-refractivity contribution in [2.24, 2.45) is 0 Å². The zero-order valence-electron chi connectivity index (χ0n) is 11.8. The summed E-state index contributed by atoms with van der Waals surface area (Å²) in [6.45, 7) is 3.74. The molecule has 1 aromatic rings. The van der Waals surface area contributed by atoms with Crippen molar-refractivity contribution in [3.8, 4) is 0 Å². The lowest BCUT2D eigenvalue weighted by molar-refractivity contribution is -0.138. The maximum Gasteiger partial charge on any atom is 0.323 e. The lowest BCUT2D eigenvalue weighted by Crippen LogP contribution is -2.46. The van der Waals surface area contributed by atoms with E-state index in [2.05, 4.69) is 15.9 Å². The van der Waals surface area contributed by atoms with Gasteiger partial charge in [-0.3, -0.25) is 4.79 Å². The first kappa shape index (κ1) is 16.5. The van der Waals surface area contributed by atoms with Gasteiger partial charge in [-0.2, -0.15) is 0 Å². The van der Waals surface area contributed by atoms with Gasteiger partial charge in [0.1, 0.15) is 6.54 Å². The number of halogens is 1. The van der Waals surface area contributed by atoms with Gasteiger partial charge < -0.3 is 14.9 Å². The standard InChI is InChI=1S/C14H19BrN2O3/c1-10(2)17(9-13(18)19)14(20)16(3)8-11-5-4-6-12(15)7-11/h4-7,10H,8-9H2,1-3H3,(H,18,19). The van der Waals surface area contributed by atoms with E-state index in [1.807, 2.05) is 24.3 Å². The second-order valence-electron chi connectivity index (χ2n) is 4.88. The summed E-state index contributed by atoms with van der Waals surface area (Å²) in [6.07, 6.45) is 0. The van der Waals surface area contributed by atoms with Crippen LogP contribution in [0.15, 0.2) is 28.7 Å². The summed E-state index contributed by atoms with van der Waals surface area (Å²) >= 11 is 3.38. The van der Waals surface area contributed by atoms with Crippen molar-refractivity contribution < 1.29 is 14.7 Å². The minimum absolute atomic E-state index is 0.163. The molecule has 110 valence electrons. The van der Waals surface area contributed by atoms with Gasteiger partial charge in [0.15, 0.2) is 0 Å². The smallest absolute Gasteiger partial charge is 0.323 e. The molecule has 1 aromatic carbocycles. The first-order valence-corrected chi connectivity index (χ1v) is 7.08. The number of nitrogens with zero attached hydrogens (tertiary/aromatic N) is 2. The Bertz CT molecular complexity index is 491. The second kappa shape index (κ2) is 7.28. The van der Waals surface area contributed by atoms with Crippen molar-refractivity contribution in [2.75, 3.05) is 13.6 Å². The zero-order valence-corrected chi connectivity index (χ0v) is 13.4. The molecule has 0 bridgehead atoms. The van der Waals surface area contributed by atoms with Crippen LogP contribution in [-0.2, 0) is 11.3 Å². The van der Waals surface area contributed by atoms with Crippen molar-refractivity contribution in [3.05, 3.63) is 34.3 Å². The number of carboxylic acids is 1. The van der Waals surface area contributed by atoms with E-state index in [9.17, 15) is 9.59 Å². The lowest BCUT2D eigenvalue weighted by Gasteiger charge is -2.30. The number of urea groups is 1. The predicted molar refractivity (Wildman–Crippen MR) is 80.5 cm³/mol. The van der Waals surface area contributed by atoms with Crippen molar-refractivity contribution in [3.63, 3.8) is 0 Å². The van der Waals surface area contributed by atoms with Crippen LogP contribution in [0.4, 0.5) is 4.79 Å². The Hall–Kier alpha value is -1.56. The van der Waals surface area contributed by atoms with E-state index in [0.29, 0.717) is 6.54 Å². The third-order valence-electron chi connectivity index (χ3n) is 2.81. The monoisotopic (exact) mass is 342 g/mol. The van der Waals surface area contributed by atoms with Gasteiger partial charge in [-0.15, -0.1) is 0 Å². The van der Waals surface area contributed by atoms with Gasteiger partial charge in [0, 0.05) is 24.1 Å². The number of hydrogen-bond acceptors (Lipinski definition) is 2. The topological polar surface area (TPSA) is 60.9 Å². The molecule has 0 atom stereocenters. The number of carbonyl (C=O) groups excluding carboxylic acids is 1. The number of carbonyl (C=O) groups is 2. The molecule has 0 heterocycles. The molecule has 0 aliphatic rings. The molecule has 0 fully saturated rings. The fourth-order valence-corrected chi connectivity index (χ4v) is 2.26. The first-order chi connectivity index (χ1) is 9.31. The van der Waals surface area contributed by atoms with E-state index in [1.165, 1.54) is 9.80 Å². The number of rotatable bonds is 5. The Morgan fingerprint density at radius 3 is 2.50 bits per heavy atom. The summed E-state index contributed by atoms with van der Waals surface area (Å²) in [6, 6.07) is 7.21. The minimum Gasteiger partial charge on any atom is -0.480 e. The van der Waals surface area contributed by atoms with Crippen LogP contribution in [0, 0.1) is 0 Å². The highest BCUT2D eigenvalue weighted by molar-refractivity contribution is 9.10. The molecule has 0 saturated heterocycles. The highest BCUT2D eigenvalue weighted by Crippen LogP contribution is 2.14. The fraction of sp³-hybridized carbons (Fsp3) is 0.429. The van der Waals surface area contributed by atoms with Gasteiger partial charge in [0.25, 0.3) is 0 Å². The highest BCUT2D eigenvalue weighted by atomic mass is 79.9. The molecular weight excluding hydrogens is 324 g/mol. The summed E-state index contributed by atoms with van der Waals surface area (Å²) in [7, 11) is 1.67. The van der Waals surface area contributed by atoms with E-state index in [1.54, 1.807) is 20.9 Å². The molecule has 1 N–H and O–H groups in total. The maximum absolute atomic E-state index is 12.3. The van der Waals surface area contributed by atoms with Crippen LogP contribution < -0.4 is 0 Å². The molecule has 0 radical (unpaired) electrons. The average molecular weight is 343 g/mol. The molecule has 2 amide bonds. The zero-order chi connectivity index (χ0) is 15.3. The van der Waals surface area contributed by atoms with E-state index in [4.69, 9.17) is 5.11 Å². The van der Waals surface area contributed by atoms with Gasteiger partial charge in [-0.05, 0) is 31.5 Å². The molecule has 0 spiro atoms. The Morgan fingerprint density at radius 2 is 2.00 bits per heavy atom. The van der Waals surface area contributed by atoms with Gasteiger partial charge >= 0.3 is 12.0 Å². The van der Waals surface area contributed by atoms with E-state index in [-0.39, 0.29) is 18.6 Å². The summed E-state index contributed by atoms with van der Waals surface area (Å²) in [5, 5.41) is 8.87. The molecule has 0 saturated carbocycles. The van der Waals surface area contributed by atoms with E-state index < -0.39 is 5.97 Å². The van der Waals surface area contributed by atoms with Crippen molar-refractivity contribution in [2.45, 2.75) is 26.4 Å². The summed E-state index contributed by atoms with van der Waals surface area (Å²) in [5.74, 6) is -1.01. The Labute approximate surface area is 127 Å². The van der Waals surface area contributed by atoms with Gasteiger partial charge in [-0.1, -0.05) is 28.1 Å². The second-order valence-corrected chi connectivity index (χ2v) is 5.80. The van der Waals surface area contributed by atoms with E-state index >= 15 is 0 Å². The molecular formula is C14H19BrN2O3. The van der Waals surface area contributed by atoms with Gasteiger partial charge in [0.2, 0.25) is 0 Å². The molecule has 0 aromatic heterocycles. The number of hydrogen-bond donors (Lipinski definition) is 1. The minimum atomic E-state index is -1.01. The molecule has 0 aliphatic heterocycles. The number of carboxylic acid groups (broad SMARTS) is 1. The summed E-state index contributed by atoms with van der Waals surface area (Å²) in [5.41, 5.74) is 0.981. The van der Waals surface area contributed by atoms with Crippen molar-refractivity contribution in [1.29, 1.82) is 0 Å². The quantitative estimate of drug-likeness (QED) is 0.894. The molecule has 20 heavy (non-hydrogen) atoms. The number of amides is 2. The summed E-state index contributed by atoms with van der Waals surface area (Å²) < 4.78 is 0.946. The number of aliphatic carboxylic acids is 1. The summed E-state index contributed by atoms with van der Waals surface area (Å²) in [4.78, 5) is 26.0. The Kier molecular flexibility index (Phi) is 6.01. The van der Waals surface area contributed by atoms with Crippen molar-refractivity contribution >= 4 is 27.9 Å². The van der Waals surface area contributed by atoms with Crippen LogP contribution in [0.25, 0.3) is 0 Å². The number of benzene rings is 1. The maximum atomic E-state index is 12.3. The SMILES string of the molecule is CC(C)N(CC(=O)O)C(=O)N(C)Cc1cccc(Br)c1. The van der Waals surface area contributed by atoms with Crippen LogP contribution in [0.3, 0.4) is 0 Å². The normalized spacial score (nSPS) is 10.4. The predicted octanol–water partition coefficient (Wildman–Crippen LogP) is 2.80. The van der Waals surface area contributed by atoms with Gasteiger partial charge in [0.05, 0.1) is 0 Å². The van der Waals surface area contributed by atoms with Crippen LogP contribution in [0.5, 0.6) is 0 Å². The molecule has 6 heteroatoms. The highest BCUT2D eigenvalue weighted by Gasteiger charge is 2.23. The van der Waals surface area contributed by atoms with Crippen molar-refractivity contribution in [1.82, 2.24) is 9.80 Å². The fourth-order valence-electron chi connectivity index (χ4n) is 1.81. The molecule has 5 nitrogen and oxygen atoms in total. The molecule has 0 aliphatic carbocycles. The van der Waals surface area contributed by atoms with Gasteiger partial charge in [-0.25, -0.2) is 4.79 Å². The van der Waals surface area contributed by atoms with Crippen LogP contribution in [-0.4, -0.2) is 46.5 Å². The Morgan fingerprint density at radius 1 is 1.35 bits per heavy atom.